The highest BCUT2D eigenvalue weighted by Gasteiger charge is 2.14. The number of amides is 1. The predicted octanol–water partition coefficient (Wildman–Crippen LogP) is 2.75. The molecule has 1 amide bonds. The van der Waals surface area contributed by atoms with Crippen LogP contribution < -0.4 is 5.32 Å². The molecule has 4 nitrogen and oxygen atoms in total. The lowest BCUT2D eigenvalue weighted by atomic mass is 10.1. The van der Waals surface area contributed by atoms with Crippen molar-refractivity contribution in [3.05, 3.63) is 21.9 Å². The molecule has 2 N–H and O–H groups in total. The number of carbonyl (C=O) groups excluding carboxylic acids is 1. The maximum atomic E-state index is 11.8. The number of hydrogen-bond donors (Lipinski definition) is 2. The molecule has 1 atom stereocenters. The van der Waals surface area contributed by atoms with E-state index in [0.717, 1.165) is 30.6 Å². The molecular weight excluding hydrogens is 238 g/mol. The molecule has 17 heavy (non-hydrogen) atoms. The van der Waals surface area contributed by atoms with Gasteiger partial charge in [-0.3, -0.25) is 4.79 Å². The van der Waals surface area contributed by atoms with E-state index in [0.29, 0.717) is 4.88 Å². The quantitative estimate of drug-likeness (QED) is 0.821. The molecule has 94 valence electrons. The van der Waals surface area contributed by atoms with Crippen molar-refractivity contribution in [2.45, 2.75) is 39.2 Å². The van der Waals surface area contributed by atoms with E-state index in [4.69, 9.17) is 5.11 Å². The van der Waals surface area contributed by atoms with Crippen LogP contribution in [-0.4, -0.2) is 23.0 Å². The average molecular weight is 255 g/mol. The number of carbonyl (C=O) groups is 2. The van der Waals surface area contributed by atoms with Crippen LogP contribution in [0, 0.1) is 0 Å². The van der Waals surface area contributed by atoms with E-state index >= 15 is 0 Å². The molecule has 0 bridgehead atoms. The molecule has 0 aliphatic carbocycles. The van der Waals surface area contributed by atoms with E-state index in [1.807, 2.05) is 6.92 Å². The normalized spacial score (nSPS) is 12.1. The molecule has 0 radical (unpaired) electrons. The number of unbranched alkanes of at least 4 members (excludes halogenated alkanes) is 1. The second kappa shape index (κ2) is 6.39. The van der Waals surface area contributed by atoms with E-state index in [9.17, 15) is 9.59 Å². The van der Waals surface area contributed by atoms with Crippen molar-refractivity contribution in [3.8, 4) is 0 Å². The number of rotatable bonds is 6. The standard InChI is InChI=1S/C12H17NO3S/c1-3-4-5-8(2)13-11(14)9-6-7-10(17-9)12(15)16/h6-8H,3-5H2,1-2H3,(H,13,14)(H,15,16). The van der Waals surface area contributed by atoms with Gasteiger partial charge in [-0.05, 0) is 25.5 Å². The van der Waals surface area contributed by atoms with Crippen LogP contribution in [0.4, 0.5) is 0 Å². The Labute approximate surface area is 105 Å². The van der Waals surface area contributed by atoms with Gasteiger partial charge in [0.15, 0.2) is 0 Å². The van der Waals surface area contributed by atoms with Gasteiger partial charge in [0, 0.05) is 6.04 Å². The molecule has 1 unspecified atom stereocenters. The molecule has 0 aliphatic heterocycles. The fraction of sp³-hybridized carbons (Fsp3) is 0.500. The van der Waals surface area contributed by atoms with Crippen molar-refractivity contribution in [1.29, 1.82) is 0 Å². The third-order valence-electron chi connectivity index (χ3n) is 2.41. The summed E-state index contributed by atoms with van der Waals surface area (Å²) >= 11 is 1.00. The largest absolute Gasteiger partial charge is 0.477 e. The lowest BCUT2D eigenvalue weighted by Gasteiger charge is -2.12. The lowest BCUT2D eigenvalue weighted by Crippen LogP contribution is -2.31. The number of carboxylic acids is 1. The zero-order valence-electron chi connectivity index (χ0n) is 10.0. The molecule has 5 heteroatoms. The van der Waals surface area contributed by atoms with E-state index < -0.39 is 5.97 Å². The van der Waals surface area contributed by atoms with Crippen molar-refractivity contribution < 1.29 is 14.7 Å². The first-order chi connectivity index (χ1) is 8.04. The Bertz CT molecular complexity index is 400. The van der Waals surface area contributed by atoms with Crippen molar-refractivity contribution in [3.63, 3.8) is 0 Å². The molecule has 1 rings (SSSR count). The number of carboxylic acid groups (broad SMARTS) is 1. The molecule has 1 heterocycles. The smallest absolute Gasteiger partial charge is 0.345 e. The van der Waals surface area contributed by atoms with Crippen LogP contribution in [0.25, 0.3) is 0 Å². The Morgan fingerprint density at radius 3 is 2.59 bits per heavy atom. The molecule has 0 aromatic carbocycles. The molecule has 0 saturated carbocycles. The maximum absolute atomic E-state index is 11.8. The van der Waals surface area contributed by atoms with Crippen LogP contribution in [0.1, 0.15) is 52.5 Å². The van der Waals surface area contributed by atoms with E-state index in [1.54, 1.807) is 6.07 Å². The van der Waals surface area contributed by atoms with E-state index in [-0.39, 0.29) is 16.8 Å². The van der Waals surface area contributed by atoms with Crippen LogP contribution in [0.5, 0.6) is 0 Å². The second-order valence-corrected chi connectivity index (χ2v) is 5.07. The molecule has 1 aromatic heterocycles. The van der Waals surface area contributed by atoms with Gasteiger partial charge in [-0.1, -0.05) is 19.8 Å². The summed E-state index contributed by atoms with van der Waals surface area (Å²) in [4.78, 5) is 23.1. The van der Waals surface area contributed by atoms with Gasteiger partial charge in [0.25, 0.3) is 5.91 Å². The van der Waals surface area contributed by atoms with Crippen LogP contribution >= 0.6 is 11.3 Å². The topological polar surface area (TPSA) is 66.4 Å². The average Bonchev–Trinajstić information content (AvgIpc) is 2.75. The van der Waals surface area contributed by atoms with Gasteiger partial charge in [0.05, 0.1) is 4.88 Å². The highest BCUT2D eigenvalue weighted by molar-refractivity contribution is 7.15. The second-order valence-electron chi connectivity index (χ2n) is 3.99. The summed E-state index contributed by atoms with van der Waals surface area (Å²) in [6, 6.07) is 3.13. The first kappa shape index (κ1) is 13.7. The Morgan fingerprint density at radius 2 is 2.06 bits per heavy atom. The number of thiophene rings is 1. The van der Waals surface area contributed by atoms with E-state index in [2.05, 4.69) is 12.2 Å². The summed E-state index contributed by atoms with van der Waals surface area (Å²) < 4.78 is 0. The van der Waals surface area contributed by atoms with Crippen LogP contribution in [0.15, 0.2) is 12.1 Å². The highest BCUT2D eigenvalue weighted by Crippen LogP contribution is 2.16. The minimum Gasteiger partial charge on any atom is -0.477 e. The van der Waals surface area contributed by atoms with Gasteiger partial charge in [0.1, 0.15) is 4.88 Å². The van der Waals surface area contributed by atoms with Crippen molar-refractivity contribution in [2.24, 2.45) is 0 Å². The Balaban J connectivity index is 2.54. The van der Waals surface area contributed by atoms with Crippen LogP contribution in [0.2, 0.25) is 0 Å². The summed E-state index contributed by atoms with van der Waals surface area (Å²) in [6.45, 7) is 4.06. The zero-order valence-corrected chi connectivity index (χ0v) is 10.8. The third kappa shape index (κ3) is 4.19. The fourth-order valence-electron chi connectivity index (χ4n) is 1.45. The molecule has 0 aliphatic rings. The summed E-state index contributed by atoms with van der Waals surface area (Å²) in [5.41, 5.74) is 0. The molecule has 0 fully saturated rings. The van der Waals surface area contributed by atoms with E-state index in [1.165, 1.54) is 6.07 Å². The summed E-state index contributed by atoms with van der Waals surface area (Å²) in [6.07, 6.45) is 3.12. The number of hydrogen-bond acceptors (Lipinski definition) is 3. The third-order valence-corrected chi connectivity index (χ3v) is 3.48. The maximum Gasteiger partial charge on any atom is 0.345 e. The van der Waals surface area contributed by atoms with Crippen LogP contribution in [0.3, 0.4) is 0 Å². The first-order valence-corrected chi connectivity index (χ1v) is 6.50. The van der Waals surface area contributed by atoms with Crippen molar-refractivity contribution >= 4 is 23.2 Å². The highest BCUT2D eigenvalue weighted by atomic mass is 32.1. The Hall–Kier alpha value is -1.36. The molecule has 0 spiro atoms. The number of aromatic carboxylic acids is 1. The zero-order chi connectivity index (χ0) is 12.8. The first-order valence-electron chi connectivity index (χ1n) is 5.68. The van der Waals surface area contributed by atoms with Crippen molar-refractivity contribution in [2.75, 3.05) is 0 Å². The van der Waals surface area contributed by atoms with Gasteiger partial charge >= 0.3 is 5.97 Å². The Morgan fingerprint density at radius 1 is 1.41 bits per heavy atom. The fourth-order valence-corrected chi connectivity index (χ4v) is 2.20. The summed E-state index contributed by atoms with van der Waals surface area (Å²) in [5.74, 6) is -1.18. The molecular formula is C12H17NO3S. The minimum atomic E-state index is -0.993. The monoisotopic (exact) mass is 255 g/mol. The molecule has 0 saturated heterocycles. The van der Waals surface area contributed by atoms with Gasteiger partial charge in [-0.15, -0.1) is 11.3 Å². The van der Waals surface area contributed by atoms with Gasteiger partial charge < -0.3 is 10.4 Å². The van der Waals surface area contributed by atoms with Crippen molar-refractivity contribution in [1.82, 2.24) is 5.32 Å². The Kier molecular flexibility index (Phi) is 5.15. The minimum absolute atomic E-state index is 0.123. The van der Waals surface area contributed by atoms with Gasteiger partial charge in [0.2, 0.25) is 0 Å². The number of nitrogens with one attached hydrogen (secondary N) is 1. The summed E-state index contributed by atoms with van der Waals surface area (Å²) in [5, 5.41) is 11.6. The predicted molar refractivity (Wildman–Crippen MR) is 67.7 cm³/mol. The molecule has 1 aromatic rings. The summed E-state index contributed by atoms with van der Waals surface area (Å²) in [7, 11) is 0. The lowest BCUT2D eigenvalue weighted by molar-refractivity contribution is 0.0702. The van der Waals surface area contributed by atoms with Crippen LogP contribution in [-0.2, 0) is 0 Å². The van der Waals surface area contributed by atoms with Gasteiger partial charge in [-0.25, -0.2) is 4.79 Å². The SMILES string of the molecule is CCCCC(C)NC(=O)c1ccc(C(=O)O)s1. The van der Waals surface area contributed by atoms with Gasteiger partial charge in [-0.2, -0.15) is 0 Å².